The summed E-state index contributed by atoms with van der Waals surface area (Å²) in [7, 11) is 0. The third kappa shape index (κ3) is 1.81. The molecular weight excluding hydrogens is 180 g/mol. The van der Waals surface area contributed by atoms with Crippen LogP contribution in [-0.2, 0) is 6.42 Å². The molecule has 0 aliphatic carbocycles. The highest BCUT2D eigenvalue weighted by molar-refractivity contribution is 5.44. The summed E-state index contributed by atoms with van der Waals surface area (Å²) < 4.78 is 10.5. The predicted octanol–water partition coefficient (Wildman–Crippen LogP) is 0.810. The molecule has 1 aliphatic rings. The monoisotopic (exact) mass is 194 g/mol. The molecule has 1 aromatic carbocycles. The van der Waals surface area contributed by atoms with Crippen molar-refractivity contribution in [2.45, 2.75) is 19.4 Å². The molecule has 0 saturated carbocycles. The summed E-state index contributed by atoms with van der Waals surface area (Å²) in [5.41, 5.74) is 3.90. The SMILES string of the molecule is CC(Cc1ccc2c(c1)OCO2)NN. The maximum absolute atomic E-state index is 5.33. The molecule has 3 N–H and O–H groups in total. The van der Waals surface area contributed by atoms with Crippen LogP contribution in [0.25, 0.3) is 0 Å². The van der Waals surface area contributed by atoms with Crippen molar-refractivity contribution in [1.82, 2.24) is 5.43 Å². The number of nitrogens with two attached hydrogens (primary N) is 1. The van der Waals surface area contributed by atoms with Gasteiger partial charge < -0.3 is 9.47 Å². The van der Waals surface area contributed by atoms with Crippen LogP contribution in [0.1, 0.15) is 12.5 Å². The standard InChI is InChI=1S/C10H14N2O2/c1-7(12-11)4-8-2-3-9-10(5-8)14-6-13-9/h2-3,5,7,12H,4,6,11H2,1H3. The highest BCUT2D eigenvalue weighted by Crippen LogP contribution is 2.32. The van der Waals surface area contributed by atoms with Gasteiger partial charge in [-0.15, -0.1) is 0 Å². The van der Waals surface area contributed by atoms with Gasteiger partial charge in [0.25, 0.3) is 0 Å². The number of rotatable bonds is 3. The smallest absolute Gasteiger partial charge is 0.231 e. The number of nitrogens with one attached hydrogen (secondary N) is 1. The third-order valence-corrected chi connectivity index (χ3v) is 2.26. The van der Waals surface area contributed by atoms with E-state index in [1.54, 1.807) is 0 Å². The highest BCUT2D eigenvalue weighted by atomic mass is 16.7. The molecule has 14 heavy (non-hydrogen) atoms. The van der Waals surface area contributed by atoms with Gasteiger partial charge in [-0.3, -0.25) is 11.3 Å². The molecule has 0 spiro atoms. The van der Waals surface area contributed by atoms with E-state index < -0.39 is 0 Å². The summed E-state index contributed by atoms with van der Waals surface area (Å²) in [6, 6.07) is 6.22. The quantitative estimate of drug-likeness (QED) is 0.552. The highest BCUT2D eigenvalue weighted by Gasteiger charge is 2.13. The molecule has 76 valence electrons. The van der Waals surface area contributed by atoms with Crippen molar-refractivity contribution in [2.24, 2.45) is 5.84 Å². The van der Waals surface area contributed by atoms with Gasteiger partial charge in [0.05, 0.1) is 0 Å². The molecule has 0 saturated heterocycles. The maximum Gasteiger partial charge on any atom is 0.231 e. The van der Waals surface area contributed by atoms with Gasteiger partial charge in [-0.25, -0.2) is 0 Å². The molecule has 1 aliphatic heterocycles. The van der Waals surface area contributed by atoms with Crippen molar-refractivity contribution in [3.8, 4) is 11.5 Å². The molecule has 1 aromatic rings. The van der Waals surface area contributed by atoms with Crippen LogP contribution in [0.3, 0.4) is 0 Å². The molecule has 1 heterocycles. The largest absolute Gasteiger partial charge is 0.454 e. The molecule has 1 atom stereocenters. The first-order chi connectivity index (χ1) is 6.79. The van der Waals surface area contributed by atoms with Gasteiger partial charge in [0.15, 0.2) is 11.5 Å². The fourth-order valence-corrected chi connectivity index (χ4v) is 1.48. The summed E-state index contributed by atoms with van der Waals surface area (Å²) in [4.78, 5) is 0. The Morgan fingerprint density at radius 3 is 3.00 bits per heavy atom. The average Bonchev–Trinajstić information content (AvgIpc) is 2.64. The topological polar surface area (TPSA) is 56.5 Å². The molecule has 4 nitrogen and oxygen atoms in total. The summed E-state index contributed by atoms with van der Waals surface area (Å²) in [6.45, 7) is 2.36. The number of ether oxygens (including phenoxy) is 2. The van der Waals surface area contributed by atoms with Crippen LogP contribution >= 0.6 is 0 Å². The molecular formula is C10H14N2O2. The van der Waals surface area contributed by atoms with Crippen LogP contribution < -0.4 is 20.7 Å². The van der Waals surface area contributed by atoms with Gasteiger partial charge >= 0.3 is 0 Å². The first kappa shape index (κ1) is 9.30. The Bertz CT molecular complexity index is 328. The molecule has 0 amide bonds. The van der Waals surface area contributed by atoms with Gasteiger partial charge in [0.2, 0.25) is 6.79 Å². The van der Waals surface area contributed by atoms with Gasteiger partial charge in [-0.1, -0.05) is 6.07 Å². The molecule has 0 fully saturated rings. The zero-order valence-electron chi connectivity index (χ0n) is 8.12. The van der Waals surface area contributed by atoms with Crippen LogP contribution in [0.5, 0.6) is 11.5 Å². The molecule has 0 bridgehead atoms. The summed E-state index contributed by atoms with van der Waals surface area (Å²) in [5, 5.41) is 0. The van der Waals surface area contributed by atoms with E-state index in [1.165, 1.54) is 5.56 Å². The number of hydrogen-bond donors (Lipinski definition) is 2. The molecule has 0 aromatic heterocycles. The fourth-order valence-electron chi connectivity index (χ4n) is 1.48. The van der Waals surface area contributed by atoms with E-state index in [1.807, 2.05) is 25.1 Å². The Labute approximate surface area is 83.0 Å². The number of fused-ring (bicyclic) bond motifs is 1. The van der Waals surface area contributed by atoms with Crippen molar-refractivity contribution in [1.29, 1.82) is 0 Å². The van der Waals surface area contributed by atoms with E-state index >= 15 is 0 Å². The lowest BCUT2D eigenvalue weighted by Gasteiger charge is -2.09. The maximum atomic E-state index is 5.33. The van der Waals surface area contributed by atoms with Crippen LogP contribution in [-0.4, -0.2) is 12.8 Å². The van der Waals surface area contributed by atoms with Crippen molar-refractivity contribution in [3.63, 3.8) is 0 Å². The Kier molecular flexibility index (Phi) is 2.56. The molecule has 0 radical (unpaired) electrons. The van der Waals surface area contributed by atoms with Gasteiger partial charge in [0.1, 0.15) is 0 Å². The lowest BCUT2D eigenvalue weighted by molar-refractivity contribution is 0.174. The number of hydrazine groups is 1. The normalized spacial score (nSPS) is 15.6. The van der Waals surface area contributed by atoms with Crippen molar-refractivity contribution >= 4 is 0 Å². The summed E-state index contributed by atoms with van der Waals surface area (Å²) in [5.74, 6) is 6.97. The second-order valence-electron chi connectivity index (χ2n) is 3.46. The van der Waals surface area contributed by atoms with Crippen LogP contribution in [0.2, 0.25) is 0 Å². The van der Waals surface area contributed by atoms with E-state index in [0.717, 1.165) is 17.9 Å². The Morgan fingerprint density at radius 1 is 1.43 bits per heavy atom. The minimum Gasteiger partial charge on any atom is -0.454 e. The lowest BCUT2D eigenvalue weighted by atomic mass is 10.1. The second-order valence-corrected chi connectivity index (χ2v) is 3.46. The Hall–Kier alpha value is -1.26. The Morgan fingerprint density at radius 2 is 2.21 bits per heavy atom. The molecule has 1 unspecified atom stereocenters. The van der Waals surface area contributed by atoms with E-state index in [-0.39, 0.29) is 6.04 Å². The minimum atomic E-state index is 0.260. The van der Waals surface area contributed by atoms with Gasteiger partial charge in [-0.2, -0.15) is 0 Å². The molecule has 4 heteroatoms. The summed E-state index contributed by atoms with van der Waals surface area (Å²) in [6.07, 6.45) is 0.882. The predicted molar refractivity (Wildman–Crippen MR) is 53.1 cm³/mol. The van der Waals surface area contributed by atoms with Crippen molar-refractivity contribution in [3.05, 3.63) is 23.8 Å². The molecule has 2 rings (SSSR count). The Balaban J connectivity index is 2.12. The number of hydrogen-bond acceptors (Lipinski definition) is 4. The average molecular weight is 194 g/mol. The number of benzene rings is 1. The van der Waals surface area contributed by atoms with Crippen LogP contribution in [0, 0.1) is 0 Å². The van der Waals surface area contributed by atoms with E-state index in [0.29, 0.717) is 6.79 Å². The van der Waals surface area contributed by atoms with Gasteiger partial charge in [-0.05, 0) is 31.0 Å². The first-order valence-corrected chi connectivity index (χ1v) is 4.64. The van der Waals surface area contributed by atoms with Crippen molar-refractivity contribution in [2.75, 3.05) is 6.79 Å². The zero-order chi connectivity index (χ0) is 9.97. The van der Waals surface area contributed by atoms with Crippen LogP contribution in [0.4, 0.5) is 0 Å². The van der Waals surface area contributed by atoms with E-state index in [2.05, 4.69) is 5.43 Å². The fraction of sp³-hybridized carbons (Fsp3) is 0.400. The van der Waals surface area contributed by atoms with Crippen molar-refractivity contribution < 1.29 is 9.47 Å². The van der Waals surface area contributed by atoms with Crippen LogP contribution in [0.15, 0.2) is 18.2 Å². The second kappa shape index (κ2) is 3.86. The summed E-state index contributed by atoms with van der Waals surface area (Å²) >= 11 is 0. The minimum absolute atomic E-state index is 0.260. The van der Waals surface area contributed by atoms with Gasteiger partial charge in [0, 0.05) is 6.04 Å². The third-order valence-electron chi connectivity index (χ3n) is 2.26. The van der Waals surface area contributed by atoms with E-state index in [4.69, 9.17) is 15.3 Å². The lowest BCUT2D eigenvalue weighted by Crippen LogP contribution is -2.33. The van der Waals surface area contributed by atoms with E-state index in [9.17, 15) is 0 Å². The zero-order valence-corrected chi connectivity index (χ0v) is 8.12. The first-order valence-electron chi connectivity index (χ1n) is 4.64.